The first-order chi connectivity index (χ1) is 15.7. The summed E-state index contributed by atoms with van der Waals surface area (Å²) in [6.45, 7) is 0. The van der Waals surface area contributed by atoms with E-state index in [9.17, 15) is 4.79 Å². The highest BCUT2D eigenvalue weighted by Crippen LogP contribution is 2.42. The van der Waals surface area contributed by atoms with E-state index in [1.165, 1.54) is 29.2 Å². The van der Waals surface area contributed by atoms with E-state index in [-0.39, 0.29) is 5.63 Å². The number of halogens is 1. The second-order valence-electron chi connectivity index (χ2n) is 7.15. The van der Waals surface area contributed by atoms with Crippen molar-refractivity contribution < 1.29 is 8.83 Å². The maximum Gasteiger partial charge on any atom is 0.336 e. The van der Waals surface area contributed by atoms with Gasteiger partial charge in [0, 0.05) is 27.3 Å². The van der Waals surface area contributed by atoms with Crippen LogP contribution in [0, 0.1) is 0 Å². The van der Waals surface area contributed by atoms with Crippen LogP contribution < -0.4 is 5.63 Å². The van der Waals surface area contributed by atoms with Gasteiger partial charge in [-0.2, -0.15) is 0 Å². The molecule has 6 aromatic rings. The van der Waals surface area contributed by atoms with E-state index in [1.54, 1.807) is 0 Å². The summed E-state index contributed by atoms with van der Waals surface area (Å²) < 4.78 is 12.4. The Hall–Kier alpha value is -3.13. The molecule has 0 aliphatic carbocycles. The summed E-state index contributed by atoms with van der Waals surface area (Å²) in [7, 11) is 0. The number of benzene rings is 3. The van der Waals surface area contributed by atoms with Gasteiger partial charge in [-0.05, 0) is 28.5 Å². The number of thioether (sulfide) groups is 1. The monoisotopic (exact) mass is 476 g/mol. The predicted molar refractivity (Wildman–Crippen MR) is 130 cm³/mol. The number of hydrogen-bond donors (Lipinski definition) is 0. The minimum Gasteiger partial charge on any atom is -0.423 e. The summed E-state index contributed by atoms with van der Waals surface area (Å²) in [4.78, 5) is 12.9. The topological polar surface area (TPSA) is 69.1 Å². The van der Waals surface area contributed by atoms with Gasteiger partial charge in [-0.1, -0.05) is 71.9 Å². The van der Waals surface area contributed by atoms with Crippen LogP contribution in [0.2, 0.25) is 5.02 Å². The smallest absolute Gasteiger partial charge is 0.336 e. The standard InChI is InChI=1S/C24H13ClN2O3S2/c25-21-16-7-3-4-8-18(16)32-22(21)23-26-27-24(30-23)31-12-14-11-19(28)29-17-10-9-13-5-1-2-6-15(13)20(14)17/h1-11H,12H2. The molecule has 0 saturated heterocycles. The molecule has 32 heavy (non-hydrogen) atoms. The van der Waals surface area contributed by atoms with Crippen molar-refractivity contribution in [1.29, 1.82) is 0 Å². The summed E-state index contributed by atoms with van der Waals surface area (Å²) in [5.74, 6) is 0.874. The fraction of sp³-hybridized carbons (Fsp3) is 0.0417. The molecule has 0 fully saturated rings. The molecule has 0 unspecified atom stereocenters. The quantitative estimate of drug-likeness (QED) is 0.153. The Labute approximate surface area is 194 Å². The number of nitrogens with zero attached hydrogens (tertiary/aromatic N) is 2. The van der Waals surface area contributed by atoms with Gasteiger partial charge >= 0.3 is 5.63 Å². The summed E-state index contributed by atoms with van der Waals surface area (Å²) in [6, 6.07) is 21.3. The summed E-state index contributed by atoms with van der Waals surface area (Å²) in [5.41, 5.74) is 1.04. The third kappa shape index (κ3) is 3.30. The molecule has 3 aromatic carbocycles. The maximum atomic E-state index is 12.1. The van der Waals surface area contributed by atoms with Crippen LogP contribution in [0.15, 0.2) is 85.6 Å². The van der Waals surface area contributed by atoms with Crippen molar-refractivity contribution in [3.63, 3.8) is 0 Å². The lowest BCUT2D eigenvalue weighted by molar-refractivity contribution is 0.467. The van der Waals surface area contributed by atoms with Crippen molar-refractivity contribution in [2.75, 3.05) is 0 Å². The fourth-order valence-corrected chi connectivity index (χ4v) is 5.96. The minimum atomic E-state index is -0.383. The number of rotatable bonds is 4. The molecule has 0 amide bonds. The Morgan fingerprint density at radius 1 is 0.938 bits per heavy atom. The molecule has 0 atom stereocenters. The lowest BCUT2D eigenvalue weighted by Gasteiger charge is -2.07. The Kier molecular flexibility index (Phi) is 4.75. The van der Waals surface area contributed by atoms with Crippen LogP contribution in [-0.2, 0) is 5.75 Å². The molecule has 8 heteroatoms. The first-order valence-corrected chi connectivity index (χ1v) is 11.9. The molecule has 3 heterocycles. The van der Waals surface area contributed by atoms with Crippen molar-refractivity contribution in [2.24, 2.45) is 0 Å². The van der Waals surface area contributed by atoms with E-state index in [2.05, 4.69) is 10.2 Å². The van der Waals surface area contributed by atoms with Gasteiger partial charge in [0.1, 0.15) is 10.5 Å². The molecule has 3 aromatic heterocycles. The highest BCUT2D eigenvalue weighted by atomic mass is 35.5. The van der Waals surface area contributed by atoms with Gasteiger partial charge in [0.2, 0.25) is 0 Å². The lowest BCUT2D eigenvalue weighted by Crippen LogP contribution is -2.00. The van der Waals surface area contributed by atoms with Gasteiger partial charge in [0.05, 0.1) is 5.02 Å². The molecule has 0 saturated carbocycles. The van der Waals surface area contributed by atoms with Crippen LogP contribution >= 0.6 is 34.7 Å². The SMILES string of the molecule is O=c1cc(CSc2nnc(-c3sc4ccccc4c3Cl)o2)c2c(ccc3ccccc32)o1. The molecule has 0 bridgehead atoms. The van der Waals surface area contributed by atoms with Crippen LogP contribution in [0.5, 0.6) is 0 Å². The van der Waals surface area contributed by atoms with Gasteiger partial charge in [0.25, 0.3) is 11.1 Å². The lowest BCUT2D eigenvalue weighted by atomic mass is 10.0. The second-order valence-corrected chi connectivity index (χ2v) is 9.51. The van der Waals surface area contributed by atoms with Crippen LogP contribution in [0.1, 0.15) is 5.56 Å². The van der Waals surface area contributed by atoms with Gasteiger partial charge in [-0.3, -0.25) is 0 Å². The first kappa shape index (κ1) is 19.5. The third-order valence-electron chi connectivity index (χ3n) is 5.20. The van der Waals surface area contributed by atoms with Crippen LogP contribution in [0.25, 0.3) is 42.6 Å². The number of fused-ring (bicyclic) bond motifs is 4. The molecular formula is C24H13ClN2O3S2. The Balaban J connectivity index is 1.35. The predicted octanol–water partition coefficient (Wildman–Crippen LogP) is 7.16. The summed E-state index contributed by atoms with van der Waals surface area (Å²) in [5, 5.41) is 13.4. The fourth-order valence-electron chi connectivity index (χ4n) is 3.78. The van der Waals surface area contributed by atoms with Gasteiger partial charge < -0.3 is 8.83 Å². The molecule has 0 N–H and O–H groups in total. The molecular weight excluding hydrogens is 464 g/mol. The normalized spacial score (nSPS) is 11.7. The zero-order valence-corrected chi connectivity index (χ0v) is 18.8. The van der Waals surface area contributed by atoms with Crippen molar-refractivity contribution in [3.8, 4) is 10.8 Å². The highest BCUT2D eigenvalue weighted by Gasteiger charge is 2.18. The highest BCUT2D eigenvalue weighted by molar-refractivity contribution is 7.98. The molecule has 0 aliphatic rings. The number of aromatic nitrogens is 2. The first-order valence-electron chi connectivity index (χ1n) is 9.75. The van der Waals surface area contributed by atoms with Crippen molar-refractivity contribution in [1.82, 2.24) is 10.2 Å². The average molecular weight is 477 g/mol. The molecule has 5 nitrogen and oxygen atoms in total. The molecule has 6 rings (SSSR count). The van der Waals surface area contributed by atoms with Crippen molar-refractivity contribution >= 4 is 66.5 Å². The number of thiophene rings is 1. The Morgan fingerprint density at radius 2 is 1.75 bits per heavy atom. The summed E-state index contributed by atoms with van der Waals surface area (Å²) >= 11 is 9.44. The van der Waals surface area contributed by atoms with Crippen LogP contribution in [0.3, 0.4) is 0 Å². The van der Waals surface area contributed by atoms with E-state index >= 15 is 0 Å². The zero-order chi connectivity index (χ0) is 21.7. The van der Waals surface area contributed by atoms with Crippen LogP contribution in [-0.4, -0.2) is 10.2 Å². The largest absolute Gasteiger partial charge is 0.423 e. The van der Waals surface area contributed by atoms with Gasteiger partial charge in [0.15, 0.2) is 0 Å². The Bertz CT molecular complexity index is 1690. The van der Waals surface area contributed by atoms with E-state index in [0.717, 1.165) is 36.7 Å². The Morgan fingerprint density at radius 3 is 2.62 bits per heavy atom. The maximum absolute atomic E-state index is 12.1. The molecule has 0 aliphatic heterocycles. The summed E-state index contributed by atoms with van der Waals surface area (Å²) in [6.07, 6.45) is 0. The van der Waals surface area contributed by atoms with E-state index in [0.29, 0.717) is 27.5 Å². The average Bonchev–Trinajstić information content (AvgIpc) is 3.41. The second kappa shape index (κ2) is 7.78. The van der Waals surface area contributed by atoms with Crippen molar-refractivity contribution in [2.45, 2.75) is 11.0 Å². The van der Waals surface area contributed by atoms with E-state index in [1.807, 2.05) is 60.7 Å². The van der Waals surface area contributed by atoms with E-state index < -0.39 is 0 Å². The van der Waals surface area contributed by atoms with Crippen molar-refractivity contribution in [3.05, 3.63) is 87.7 Å². The van der Waals surface area contributed by atoms with E-state index in [4.69, 9.17) is 20.4 Å². The van der Waals surface area contributed by atoms with Gasteiger partial charge in [-0.15, -0.1) is 21.5 Å². The molecule has 0 spiro atoms. The molecule has 0 radical (unpaired) electrons. The van der Waals surface area contributed by atoms with Gasteiger partial charge in [-0.25, -0.2) is 4.79 Å². The third-order valence-corrected chi connectivity index (χ3v) is 7.73. The minimum absolute atomic E-state index is 0.383. The van der Waals surface area contributed by atoms with Crippen LogP contribution in [0.4, 0.5) is 0 Å². The molecule has 156 valence electrons. The zero-order valence-electron chi connectivity index (χ0n) is 16.4. The number of hydrogen-bond acceptors (Lipinski definition) is 7.